The van der Waals surface area contributed by atoms with Crippen molar-refractivity contribution in [2.45, 2.75) is 43.2 Å². The summed E-state index contributed by atoms with van der Waals surface area (Å²) in [5.74, 6) is -1.26. The van der Waals surface area contributed by atoms with Crippen LogP contribution in [0.3, 0.4) is 0 Å². The summed E-state index contributed by atoms with van der Waals surface area (Å²) in [6.45, 7) is 2.31. The van der Waals surface area contributed by atoms with Crippen molar-refractivity contribution in [2.75, 3.05) is 26.2 Å². The van der Waals surface area contributed by atoms with Crippen molar-refractivity contribution < 1.29 is 18.3 Å². The smallest absolute Gasteiger partial charge is 0.372 e. The third-order valence-electron chi connectivity index (χ3n) is 7.66. The Hall–Kier alpha value is -3.93. The predicted octanol–water partition coefficient (Wildman–Crippen LogP) is 2.71. The van der Waals surface area contributed by atoms with Gasteiger partial charge in [-0.15, -0.1) is 0 Å². The van der Waals surface area contributed by atoms with E-state index < -0.39 is 23.8 Å². The monoisotopic (exact) mass is 538 g/mol. The average molecular weight is 539 g/mol. The standard InChI is InChI=1S/C25H25F3N10O/c26-25(27,28)23-31-8-2-19(35-23)22(39)36-9-3-17(4-10-36)37-13-24(14-37,5-6-29)38-12-16(11-34-38)20-18-1-7-30-21(18)33-15-32-20/h1-2,7-8,11-12,15,17,22,39H,3-5,9-10,13-14H2,(H,30,32,33). The van der Waals surface area contributed by atoms with Crippen LogP contribution < -0.4 is 0 Å². The van der Waals surface area contributed by atoms with Gasteiger partial charge in [0.15, 0.2) is 6.23 Å². The van der Waals surface area contributed by atoms with Crippen LogP contribution in [0.15, 0.2) is 43.2 Å². The number of aromatic amines is 1. The molecule has 0 amide bonds. The molecule has 2 aliphatic rings. The number of aromatic nitrogens is 7. The summed E-state index contributed by atoms with van der Waals surface area (Å²) in [7, 11) is 0. The van der Waals surface area contributed by atoms with Crippen LogP contribution in [-0.4, -0.2) is 81.8 Å². The third kappa shape index (κ3) is 4.62. The first-order valence-electron chi connectivity index (χ1n) is 12.5. The highest BCUT2D eigenvalue weighted by Crippen LogP contribution is 2.38. The van der Waals surface area contributed by atoms with Crippen molar-refractivity contribution in [3.63, 3.8) is 0 Å². The van der Waals surface area contributed by atoms with Gasteiger partial charge >= 0.3 is 6.18 Å². The molecular formula is C25H25F3N10O. The van der Waals surface area contributed by atoms with Gasteiger partial charge in [0.1, 0.15) is 17.5 Å². The number of halogens is 3. The predicted molar refractivity (Wildman–Crippen MR) is 131 cm³/mol. The Balaban J connectivity index is 1.11. The van der Waals surface area contributed by atoms with Crippen molar-refractivity contribution in [2.24, 2.45) is 0 Å². The van der Waals surface area contributed by atoms with Gasteiger partial charge < -0.3 is 10.1 Å². The lowest BCUT2D eigenvalue weighted by Gasteiger charge is -2.53. The molecule has 2 N–H and O–H groups in total. The lowest BCUT2D eigenvalue weighted by molar-refractivity contribution is -0.145. The molecule has 1 unspecified atom stereocenters. The molecule has 0 aromatic carbocycles. The van der Waals surface area contributed by atoms with Crippen LogP contribution in [0.4, 0.5) is 13.2 Å². The van der Waals surface area contributed by atoms with Crippen molar-refractivity contribution in [1.29, 1.82) is 5.26 Å². The lowest BCUT2D eigenvalue weighted by Crippen LogP contribution is -2.66. The van der Waals surface area contributed by atoms with Crippen LogP contribution in [0.1, 0.15) is 37.0 Å². The maximum Gasteiger partial charge on any atom is 0.451 e. The molecule has 14 heteroatoms. The van der Waals surface area contributed by atoms with Gasteiger partial charge in [-0.3, -0.25) is 14.5 Å². The number of hydrogen-bond acceptors (Lipinski definition) is 9. The summed E-state index contributed by atoms with van der Waals surface area (Å²) in [5, 5.41) is 25.8. The minimum Gasteiger partial charge on any atom is -0.372 e. The minimum absolute atomic E-state index is 0.0668. The van der Waals surface area contributed by atoms with E-state index in [0.717, 1.165) is 41.3 Å². The number of H-pyrrole nitrogens is 1. The van der Waals surface area contributed by atoms with E-state index in [2.05, 4.69) is 41.0 Å². The summed E-state index contributed by atoms with van der Waals surface area (Å²) in [4.78, 5) is 22.6. The first kappa shape index (κ1) is 25.4. The molecule has 0 bridgehead atoms. The van der Waals surface area contributed by atoms with E-state index in [9.17, 15) is 23.5 Å². The Morgan fingerprint density at radius 2 is 1.97 bits per heavy atom. The number of alkyl halides is 3. The molecule has 11 nitrogen and oxygen atoms in total. The Bertz CT molecular complexity index is 1510. The highest BCUT2D eigenvalue weighted by atomic mass is 19.4. The first-order chi connectivity index (χ1) is 18.8. The highest BCUT2D eigenvalue weighted by Gasteiger charge is 2.48. The van der Waals surface area contributed by atoms with Gasteiger partial charge in [0.2, 0.25) is 5.82 Å². The fourth-order valence-electron chi connectivity index (χ4n) is 5.60. The number of fused-ring (bicyclic) bond motifs is 1. The molecule has 2 fully saturated rings. The fraction of sp³-hybridized carbons (Fsp3) is 0.440. The minimum atomic E-state index is -4.67. The second-order valence-corrected chi connectivity index (χ2v) is 10.0. The molecule has 0 aliphatic carbocycles. The zero-order valence-corrected chi connectivity index (χ0v) is 20.8. The Labute approximate surface area is 220 Å². The van der Waals surface area contributed by atoms with Gasteiger partial charge in [-0.25, -0.2) is 19.9 Å². The van der Waals surface area contributed by atoms with E-state index in [-0.39, 0.29) is 11.7 Å². The molecule has 0 radical (unpaired) electrons. The Morgan fingerprint density at radius 1 is 1.18 bits per heavy atom. The van der Waals surface area contributed by atoms with Crippen LogP contribution in [0, 0.1) is 11.3 Å². The SMILES string of the molecule is N#CCC1(n2cc(-c3ncnc4[nH]ccc34)cn2)CN(C2CCN(C(O)c3ccnc(C(F)(F)F)n3)CC2)C1. The Kier molecular flexibility index (Phi) is 6.29. The maximum atomic E-state index is 13.0. The normalized spacial score (nSPS) is 19.6. The number of piperidine rings is 1. The summed E-state index contributed by atoms with van der Waals surface area (Å²) < 4.78 is 40.8. The van der Waals surface area contributed by atoms with Crippen molar-refractivity contribution in [3.8, 4) is 17.3 Å². The van der Waals surface area contributed by atoms with E-state index in [0.29, 0.717) is 32.6 Å². The van der Waals surface area contributed by atoms with Gasteiger partial charge in [0.25, 0.3) is 0 Å². The topological polar surface area (TPSA) is 136 Å². The van der Waals surface area contributed by atoms with Crippen LogP contribution in [0.2, 0.25) is 0 Å². The second-order valence-electron chi connectivity index (χ2n) is 10.0. The van der Waals surface area contributed by atoms with Crippen molar-refractivity contribution >= 4 is 11.0 Å². The van der Waals surface area contributed by atoms with Crippen molar-refractivity contribution in [1.82, 2.24) is 44.5 Å². The van der Waals surface area contributed by atoms with E-state index in [1.807, 2.05) is 23.1 Å². The Morgan fingerprint density at radius 3 is 2.72 bits per heavy atom. The van der Waals surface area contributed by atoms with E-state index >= 15 is 0 Å². The van der Waals surface area contributed by atoms with E-state index in [4.69, 9.17) is 0 Å². The number of nitriles is 1. The van der Waals surface area contributed by atoms with Crippen LogP contribution >= 0.6 is 0 Å². The van der Waals surface area contributed by atoms with Gasteiger partial charge in [-0.05, 0) is 25.0 Å². The quantitative estimate of drug-likeness (QED) is 0.380. The van der Waals surface area contributed by atoms with Crippen LogP contribution in [-0.2, 0) is 11.7 Å². The number of rotatable bonds is 6. The summed E-state index contributed by atoms with van der Waals surface area (Å²) in [6.07, 6.45) is 3.88. The van der Waals surface area contributed by atoms with E-state index in [1.54, 1.807) is 11.1 Å². The number of hydrogen-bond donors (Lipinski definition) is 2. The summed E-state index contributed by atoms with van der Waals surface area (Å²) >= 11 is 0. The molecule has 39 heavy (non-hydrogen) atoms. The molecule has 4 aromatic heterocycles. The van der Waals surface area contributed by atoms with Gasteiger partial charge in [-0.2, -0.15) is 23.5 Å². The van der Waals surface area contributed by atoms with Gasteiger partial charge in [0.05, 0.1) is 30.1 Å². The average Bonchev–Trinajstić information content (AvgIpc) is 3.60. The molecule has 2 saturated heterocycles. The first-order valence-corrected chi connectivity index (χ1v) is 12.5. The molecule has 0 saturated carbocycles. The zero-order chi connectivity index (χ0) is 27.2. The molecule has 2 aliphatic heterocycles. The molecule has 1 atom stereocenters. The lowest BCUT2D eigenvalue weighted by atomic mass is 9.83. The second kappa shape index (κ2) is 9.67. The van der Waals surface area contributed by atoms with Crippen molar-refractivity contribution in [3.05, 3.63) is 54.8 Å². The number of aliphatic hydroxyl groups excluding tert-OH is 1. The van der Waals surface area contributed by atoms with Crippen LogP contribution in [0.5, 0.6) is 0 Å². The summed E-state index contributed by atoms with van der Waals surface area (Å²) in [5.41, 5.74) is 1.84. The third-order valence-corrected chi connectivity index (χ3v) is 7.66. The largest absolute Gasteiger partial charge is 0.451 e. The van der Waals surface area contributed by atoms with E-state index in [1.165, 1.54) is 12.4 Å². The molecular weight excluding hydrogens is 513 g/mol. The highest BCUT2D eigenvalue weighted by molar-refractivity contribution is 5.89. The zero-order valence-electron chi connectivity index (χ0n) is 20.8. The number of nitrogens with zero attached hydrogens (tertiary/aromatic N) is 9. The number of aliphatic hydroxyl groups is 1. The molecule has 202 valence electrons. The summed E-state index contributed by atoms with van der Waals surface area (Å²) in [6, 6.07) is 5.76. The van der Waals surface area contributed by atoms with Gasteiger partial charge in [0, 0.05) is 61.8 Å². The molecule has 0 spiro atoms. The molecule has 6 rings (SSSR count). The number of nitrogens with one attached hydrogen (secondary N) is 1. The fourth-order valence-corrected chi connectivity index (χ4v) is 5.60. The van der Waals surface area contributed by atoms with Gasteiger partial charge in [-0.1, -0.05) is 0 Å². The maximum absolute atomic E-state index is 13.0. The number of likely N-dealkylation sites (tertiary alicyclic amines) is 2. The van der Waals surface area contributed by atoms with Crippen LogP contribution in [0.25, 0.3) is 22.3 Å². The molecule has 6 heterocycles. The molecule has 4 aromatic rings.